The largest absolute Gasteiger partial charge is 0.405 e. The molecule has 0 aliphatic heterocycles. The second-order valence-corrected chi connectivity index (χ2v) is 7.31. The third-order valence-corrected chi connectivity index (χ3v) is 4.28. The number of carbonyl (C=O) groups excluding carboxylic acids is 1. The minimum atomic E-state index is -4.45. The molecule has 5 nitrogen and oxygen atoms in total. The van der Waals surface area contributed by atoms with E-state index in [-0.39, 0.29) is 18.1 Å². The fourth-order valence-corrected chi connectivity index (χ4v) is 3.25. The van der Waals surface area contributed by atoms with Gasteiger partial charge in [-0.05, 0) is 23.6 Å². The number of hydrogen-bond donors (Lipinski definition) is 2. The van der Waals surface area contributed by atoms with Crippen LogP contribution < -0.4 is 10.0 Å². The van der Waals surface area contributed by atoms with Gasteiger partial charge >= 0.3 is 6.18 Å². The number of rotatable bonds is 7. The van der Waals surface area contributed by atoms with Crippen LogP contribution in [0.4, 0.5) is 18.9 Å². The summed E-state index contributed by atoms with van der Waals surface area (Å²) in [7, 11) is -3.45. The third-order valence-electron chi connectivity index (χ3n) is 2.63. The third kappa shape index (κ3) is 8.44. The molecule has 23 heavy (non-hydrogen) atoms. The zero-order valence-electron chi connectivity index (χ0n) is 12.8. The van der Waals surface area contributed by atoms with E-state index in [0.29, 0.717) is 11.3 Å². The summed E-state index contributed by atoms with van der Waals surface area (Å²) in [5, 5.41) is 1.77. The van der Waals surface area contributed by atoms with Crippen molar-refractivity contribution in [1.82, 2.24) is 5.32 Å². The Morgan fingerprint density at radius 3 is 2.22 bits per heavy atom. The first kappa shape index (κ1) is 19.3. The molecule has 1 aromatic carbocycles. The fraction of sp³-hybridized carbons (Fsp3) is 0.500. The van der Waals surface area contributed by atoms with Gasteiger partial charge in [0.1, 0.15) is 6.54 Å². The quantitative estimate of drug-likeness (QED) is 0.791. The number of carbonyl (C=O) groups is 1. The number of amides is 1. The van der Waals surface area contributed by atoms with Gasteiger partial charge in [-0.2, -0.15) is 13.2 Å². The van der Waals surface area contributed by atoms with Gasteiger partial charge in [-0.25, -0.2) is 8.42 Å². The summed E-state index contributed by atoms with van der Waals surface area (Å²) in [4.78, 5) is 11.4. The van der Waals surface area contributed by atoms with E-state index in [9.17, 15) is 26.4 Å². The van der Waals surface area contributed by atoms with Crippen molar-refractivity contribution >= 4 is 21.6 Å². The molecular weight excluding hydrogens is 333 g/mol. The highest BCUT2D eigenvalue weighted by atomic mass is 32.2. The van der Waals surface area contributed by atoms with Crippen molar-refractivity contribution in [2.24, 2.45) is 5.92 Å². The summed E-state index contributed by atoms with van der Waals surface area (Å²) in [5.41, 5.74) is 0.821. The van der Waals surface area contributed by atoms with Crippen molar-refractivity contribution in [3.8, 4) is 0 Å². The minimum absolute atomic E-state index is 0.0192. The van der Waals surface area contributed by atoms with Crippen molar-refractivity contribution in [2.45, 2.75) is 26.4 Å². The van der Waals surface area contributed by atoms with Gasteiger partial charge in [-0.3, -0.25) is 9.52 Å². The van der Waals surface area contributed by atoms with Gasteiger partial charge in [0.2, 0.25) is 15.9 Å². The van der Waals surface area contributed by atoms with Gasteiger partial charge in [0.25, 0.3) is 0 Å². The molecule has 1 amide bonds. The summed E-state index contributed by atoms with van der Waals surface area (Å²) in [6.07, 6.45) is -4.66. The average molecular weight is 352 g/mol. The van der Waals surface area contributed by atoms with Crippen LogP contribution in [0.1, 0.15) is 19.4 Å². The molecule has 0 spiro atoms. The zero-order valence-corrected chi connectivity index (χ0v) is 13.6. The van der Waals surface area contributed by atoms with E-state index in [0.717, 1.165) is 0 Å². The van der Waals surface area contributed by atoms with Gasteiger partial charge < -0.3 is 5.32 Å². The van der Waals surface area contributed by atoms with Gasteiger partial charge in [0, 0.05) is 5.69 Å². The maximum atomic E-state index is 12.0. The lowest BCUT2D eigenvalue weighted by Gasteiger charge is -2.11. The van der Waals surface area contributed by atoms with Crippen LogP contribution in [-0.2, 0) is 21.2 Å². The van der Waals surface area contributed by atoms with Crippen LogP contribution in [0.2, 0.25) is 0 Å². The maximum absolute atomic E-state index is 12.0. The first-order chi connectivity index (χ1) is 10.5. The van der Waals surface area contributed by atoms with E-state index in [1.807, 2.05) is 0 Å². The highest BCUT2D eigenvalue weighted by Crippen LogP contribution is 2.14. The van der Waals surface area contributed by atoms with Crippen molar-refractivity contribution in [1.29, 1.82) is 0 Å². The SMILES string of the molecule is CC(C)CS(=O)(=O)Nc1ccc(CC(=O)NCC(F)(F)F)cc1. The van der Waals surface area contributed by atoms with E-state index < -0.39 is 28.7 Å². The zero-order chi connectivity index (χ0) is 17.7. The Labute approximate surface area is 133 Å². The lowest BCUT2D eigenvalue weighted by Crippen LogP contribution is -2.34. The van der Waals surface area contributed by atoms with Crippen molar-refractivity contribution in [2.75, 3.05) is 17.0 Å². The molecule has 0 aromatic heterocycles. The lowest BCUT2D eigenvalue weighted by atomic mass is 10.1. The van der Waals surface area contributed by atoms with E-state index in [4.69, 9.17) is 0 Å². The molecule has 0 aliphatic rings. The molecule has 0 heterocycles. The number of alkyl halides is 3. The van der Waals surface area contributed by atoms with E-state index >= 15 is 0 Å². The summed E-state index contributed by atoms with van der Waals surface area (Å²) in [5.74, 6) is -0.797. The van der Waals surface area contributed by atoms with Crippen molar-refractivity contribution in [3.63, 3.8) is 0 Å². The number of nitrogens with one attached hydrogen (secondary N) is 2. The molecular formula is C14H19F3N2O3S. The number of hydrogen-bond acceptors (Lipinski definition) is 3. The smallest absolute Gasteiger partial charge is 0.347 e. The van der Waals surface area contributed by atoms with E-state index in [1.165, 1.54) is 24.3 Å². The minimum Gasteiger partial charge on any atom is -0.347 e. The molecule has 9 heteroatoms. The molecule has 0 unspecified atom stereocenters. The van der Waals surface area contributed by atoms with Crippen LogP contribution >= 0.6 is 0 Å². The van der Waals surface area contributed by atoms with Gasteiger partial charge in [0.05, 0.1) is 12.2 Å². The monoisotopic (exact) mass is 352 g/mol. The van der Waals surface area contributed by atoms with Crippen LogP contribution in [0.15, 0.2) is 24.3 Å². The Morgan fingerprint density at radius 1 is 1.17 bits per heavy atom. The second kappa shape index (κ2) is 7.67. The highest BCUT2D eigenvalue weighted by molar-refractivity contribution is 7.92. The molecule has 1 aromatic rings. The first-order valence-corrected chi connectivity index (χ1v) is 8.55. The van der Waals surface area contributed by atoms with Crippen LogP contribution in [0.3, 0.4) is 0 Å². The van der Waals surface area contributed by atoms with Gasteiger partial charge in [0.15, 0.2) is 0 Å². The predicted molar refractivity (Wildman–Crippen MR) is 81.5 cm³/mol. The number of anilines is 1. The fourth-order valence-electron chi connectivity index (χ4n) is 1.80. The molecule has 0 saturated carbocycles. The molecule has 1 rings (SSSR count). The number of halogens is 3. The van der Waals surface area contributed by atoms with Crippen LogP contribution in [-0.4, -0.2) is 32.8 Å². The standard InChI is InChI=1S/C14H19F3N2O3S/c1-10(2)8-23(21,22)19-12-5-3-11(4-6-12)7-13(20)18-9-14(15,16)17/h3-6,10,19H,7-9H2,1-2H3,(H,18,20). The molecule has 0 saturated heterocycles. The molecule has 130 valence electrons. The molecule has 0 radical (unpaired) electrons. The predicted octanol–water partition coefficient (Wildman–Crippen LogP) is 2.31. The van der Waals surface area contributed by atoms with Gasteiger partial charge in [-0.15, -0.1) is 0 Å². The average Bonchev–Trinajstić information content (AvgIpc) is 2.36. The molecule has 0 aliphatic carbocycles. The molecule has 0 fully saturated rings. The first-order valence-electron chi connectivity index (χ1n) is 6.90. The van der Waals surface area contributed by atoms with Crippen LogP contribution in [0, 0.1) is 5.92 Å². The molecule has 0 bridgehead atoms. The Morgan fingerprint density at radius 2 is 1.74 bits per heavy atom. The lowest BCUT2D eigenvalue weighted by molar-refractivity contribution is -0.138. The number of benzene rings is 1. The normalized spacial score (nSPS) is 12.3. The van der Waals surface area contributed by atoms with Crippen LogP contribution in [0.25, 0.3) is 0 Å². The Balaban J connectivity index is 2.58. The van der Waals surface area contributed by atoms with Crippen molar-refractivity contribution < 1.29 is 26.4 Å². The van der Waals surface area contributed by atoms with E-state index in [1.54, 1.807) is 19.2 Å². The summed E-state index contributed by atoms with van der Waals surface area (Å²) in [6, 6.07) is 5.90. The molecule has 0 atom stereocenters. The Hall–Kier alpha value is -1.77. The second-order valence-electron chi connectivity index (χ2n) is 5.54. The number of sulfonamides is 1. The van der Waals surface area contributed by atoms with Gasteiger partial charge in [-0.1, -0.05) is 26.0 Å². The summed E-state index contributed by atoms with van der Waals surface area (Å²) >= 11 is 0. The van der Waals surface area contributed by atoms with Crippen molar-refractivity contribution in [3.05, 3.63) is 29.8 Å². The summed E-state index contributed by atoms with van der Waals surface area (Å²) in [6.45, 7) is 2.18. The van der Waals surface area contributed by atoms with Crippen LogP contribution in [0.5, 0.6) is 0 Å². The topological polar surface area (TPSA) is 75.3 Å². The Bertz CT molecular complexity index is 626. The highest BCUT2D eigenvalue weighted by Gasteiger charge is 2.27. The molecule has 2 N–H and O–H groups in total. The maximum Gasteiger partial charge on any atom is 0.405 e. The summed E-state index contributed by atoms with van der Waals surface area (Å²) < 4.78 is 61.9. The van der Waals surface area contributed by atoms with E-state index in [2.05, 4.69) is 4.72 Å². The Kier molecular flexibility index (Phi) is 6.43.